The van der Waals surface area contributed by atoms with Gasteiger partial charge in [0.25, 0.3) is 0 Å². The first-order valence-corrected chi connectivity index (χ1v) is 7.73. The summed E-state index contributed by atoms with van der Waals surface area (Å²) in [5.74, 6) is 0.603. The van der Waals surface area contributed by atoms with E-state index in [0.717, 1.165) is 19.5 Å². The van der Waals surface area contributed by atoms with Crippen LogP contribution in [0.3, 0.4) is 0 Å². The molecule has 0 aliphatic rings. The summed E-state index contributed by atoms with van der Waals surface area (Å²) in [7, 11) is 0. The van der Waals surface area contributed by atoms with E-state index in [0.29, 0.717) is 5.92 Å². The molecule has 0 aliphatic heterocycles. The first-order chi connectivity index (χ1) is 9.19. The fourth-order valence-corrected chi connectivity index (χ4v) is 2.78. The summed E-state index contributed by atoms with van der Waals surface area (Å²) >= 11 is 1.80. The third-order valence-electron chi connectivity index (χ3n) is 3.18. The highest BCUT2D eigenvalue weighted by atomic mass is 32.1. The number of aryl methyl sites for hydroxylation is 1. The summed E-state index contributed by atoms with van der Waals surface area (Å²) in [6.07, 6.45) is 3.01. The average Bonchev–Trinajstić information content (AvgIpc) is 2.87. The van der Waals surface area contributed by atoms with Crippen molar-refractivity contribution in [2.24, 2.45) is 0 Å². The van der Waals surface area contributed by atoms with Crippen molar-refractivity contribution in [2.45, 2.75) is 46.2 Å². The predicted octanol–water partition coefficient (Wildman–Crippen LogP) is 4.12. The van der Waals surface area contributed by atoms with Gasteiger partial charge in [-0.05, 0) is 23.5 Å². The highest BCUT2D eigenvalue weighted by Crippen LogP contribution is 2.15. The SMILES string of the molecule is CCc1ncc(CNCc2ccc(C(C)C)cc2)s1. The second-order valence-corrected chi connectivity index (χ2v) is 6.27. The molecule has 0 bridgehead atoms. The van der Waals surface area contributed by atoms with Crippen molar-refractivity contribution in [1.29, 1.82) is 0 Å². The maximum Gasteiger partial charge on any atom is 0.0925 e. The van der Waals surface area contributed by atoms with Gasteiger partial charge >= 0.3 is 0 Å². The van der Waals surface area contributed by atoms with Gasteiger partial charge in [-0.1, -0.05) is 45.0 Å². The van der Waals surface area contributed by atoms with Crippen LogP contribution in [0.15, 0.2) is 30.5 Å². The van der Waals surface area contributed by atoms with Crippen LogP contribution in [0.4, 0.5) is 0 Å². The van der Waals surface area contributed by atoms with Crippen molar-refractivity contribution < 1.29 is 0 Å². The van der Waals surface area contributed by atoms with Crippen LogP contribution in [0.5, 0.6) is 0 Å². The molecule has 0 unspecified atom stereocenters. The summed E-state index contributed by atoms with van der Waals surface area (Å²) in [5, 5.41) is 4.69. The molecule has 2 aromatic rings. The van der Waals surface area contributed by atoms with E-state index in [1.807, 2.05) is 6.20 Å². The van der Waals surface area contributed by atoms with Crippen molar-refractivity contribution >= 4 is 11.3 Å². The molecule has 102 valence electrons. The Morgan fingerprint density at radius 1 is 1.16 bits per heavy atom. The van der Waals surface area contributed by atoms with Gasteiger partial charge < -0.3 is 5.32 Å². The van der Waals surface area contributed by atoms with Gasteiger partial charge in [0, 0.05) is 24.2 Å². The Labute approximate surface area is 119 Å². The average molecular weight is 274 g/mol. The van der Waals surface area contributed by atoms with Crippen molar-refractivity contribution in [1.82, 2.24) is 10.3 Å². The molecule has 3 heteroatoms. The number of aromatic nitrogens is 1. The third kappa shape index (κ3) is 4.15. The molecule has 0 aliphatic carbocycles. The Balaban J connectivity index is 1.82. The fourth-order valence-electron chi connectivity index (χ4n) is 1.94. The number of rotatable bonds is 6. The molecule has 19 heavy (non-hydrogen) atoms. The van der Waals surface area contributed by atoms with Crippen LogP contribution in [0.25, 0.3) is 0 Å². The topological polar surface area (TPSA) is 24.9 Å². The number of hydrogen-bond acceptors (Lipinski definition) is 3. The van der Waals surface area contributed by atoms with E-state index in [-0.39, 0.29) is 0 Å². The van der Waals surface area contributed by atoms with Gasteiger partial charge in [0.15, 0.2) is 0 Å². The smallest absolute Gasteiger partial charge is 0.0925 e. The van der Waals surface area contributed by atoms with Gasteiger partial charge in [0.2, 0.25) is 0 Å². The number of hydrogen-bond donors (Lipinski definition) is 1. The van der Waals surface area contributed by atoms with Gasteiger partial charge in [-0.25, -0.2) is 4.98 Å². The van der Waals surface area contributed by atoms with Crippen molar-refractivity contribution in [3.05, 3.63) is 51.5 Å². The van der Waals surface area contributed by atoms with Gasteiger partial charge in [0.1, 0.15) is 0 Å². The zero-order valence-corrected chi connectivity index (χ0v) is 12.8. The molecule has 0 saturated carbocycles. The van der Waals surface area contributed by atoms with Crippen LogP contribution >= 0.6 is 11.3 Å². The maximum atomic E-state index is 4.37. The van der Waals surface area contributed by atoms with E-state index in [2.05, 4.69) is 55.3 Å². The van der Waals surface area contributed by atoms with Gasteiger partial charge in [0.05, 0.1) is 5.01 Å². The quantitative estimate of drug-likeness (QED) is 0.857. The largest absolute Gasteiger partial charge is 0.308 e. The highest BCUT2D eigenvalue weighted by molar-refractivity contribution is 7.11. The Kier molecular flexibility index (Phi) is 5.11. The molecule has 1 N–H and O–H groups in total. The van der Waals surface area contributed by atoms with E-state index in [9.17, 15) is 0 Å². The van der Waals surface area contributed by atoms with Crippen LogP contribution in [0.2, 0.25) is 0 Å². The minimum absolute atomic E-state index is 0.603. The first-order valence-electron chi connectivity index (χ1n) is 6.92. The molecule has 0 spiro atoms. The molecule has 2 nitrogen and oxygen atoms in total. The van der Waals surface area contributed by atoms with Crippen molar-refractivity contribution in [2.75, 3.05) is 0 Å². The molecule has 0 fully saturated rings. The second kappa shape index (κ2) is 6.83. The van der Waals surface area contributed by atoms with E-state index in [1.54, 1.807) is 11.3 Å². The summed E-state index contributed by atoms with van der Waals surface area (Å²) in [6, 6.07) is 8.88. The number of nitrogens with zero attached hydrogens (tertiary/aromatic N) is 1. The molecular formula is C16H22N2S. The summed E-state index contributed by atoms with van der Waals surface area (Å²) in [6.45, 7) is 8.42. The molecule has 0 atom stereocenters. The predicted molar refractivity (Wildman–Crippen MR) is 82.6 cm³/mol. The zero-order valence-electron chi connectivity index (χ0n) is 11.9. The standard InChI is InChI=1S/C16H22N2S/c1-4-16-18-11-15(19-16)10-17-9-13-5-7-14(8-6-13)12(2)3/h5-8,11-12,17H,4,9-10H2,1-3H3. The molecule has 1 aromatic heterocycles. The van der Waals surface area contributed by atoms with E-state index >= 15 is 0 Å². The van der Waals surface area contributed by atoms with Gasteiger partial charge in [-0.3, -0.25) is 0 Å². The number of benzene rings is 1. The zero-order chi connectivity index (χ0) is 13.7. The highest BCUT2D eigenvalue weighted by Gasteiger charge is 2.01. The van der Waals surface area contributed by atoms with Crippen LogP contribution in [-0.2, 0) is 19.5 Å². The van der Waals surface area contributed by atoms with E-state index < -0.39 is 0 Å². The minimum Gasteiger partial charge on any atom is -0.308 e. The lowest BCUT2D eigenvalue weighted by molar-refractivity contribution is 0.699. The summed E-state index contributed by atoms with van der Waals surface area (Å²) < 4.78 is 0. The molecule has 1 heterocycles. The van der Waals surface area contributed by atoms with Gasteiger partial charge in [-0.2, -0.15) is 0 Å². The monoisotopic (exact) mass is 274 g/mol. The third-order valence-corrected chi connectivity index (χ3v) is 4.32. The fraction of sp³-hybridized carbons (Fsp3) is 0.438. The lowest BCUT2D eigenvalue weighted by Gasteiger charge is -2.07. The van der Waals surface area contributed by atoms with E-state index in [1.165, 1.54) is 21.0 Å². The van der Waals surface area contributed by atoms with E-state index in [4.69, 9.17) is 0 Å². The Morgan fingerprint density at radius 2 is 1.89 bits per heavy atom. The molecular weight excluding hydrogens is 252 g/mol. The van der Waals surface area contributed by atoms with Crippen LogP contribution in [0.1, 0.15) is 47.7 Å². The molecule has 0 saturated heterocycles. The summed E-state index contributed by atoms with van der Waals surface area (Å²) in [5.41, 5.74) is 2.74. The molecule has 0 amide bonds. The Morgan fingerprint density at radius 3 is 2.47 bits per heavy atom. The number of nitrogens with one attached hydrogen (secondary N) is 1. The van der Waals surface area contributed by atoms with Gasteiger partial charge in [-0.15, -0.1) is 11.3 Å². The molecule has 0 radical (unpaired) electrons. The number of thiazole rings is 1. The molecule has 2 rings (SSSR count). The van der Waals surface area contributed by atoms with Crippen LogP contribution in [-0.4, -0.2) is 4.98 Å². The Bertz CT molecular complexity index is 500. The first kappa shape index (κ1) is 14.2. The minimum atomic E-state index is 0.603. The lowest BCUT2D eigenvalue weighted by Crippen LogP contribution is -2.11. The van der Waals surface area contributed by atoms with Crippen LogP contribution in [0, 0.1) is 0 Å². The Hall–Kier alpha value is -1.19. The van der Waals surface area contributed by atoms with Crippen molar-refractivity contribution in [3.8, 4) is 0 Å². The second-order valence-electron chi connectivity index (χ2n) is 5.07. The molecule has 1 aromatic carbocycles. The normalized spacial score (nSPS) is 11.2. The maximum absolute atomic E-state index is 4.37. The van der Waals surface area contributed by atoms with Crippen molar-refractivity contribution in [3.63, 3.8) is 0 Å². The lowest BCUT2D eigenvalue weighted by atomic mass is 10.0. The van der Waals surface area contributed by atoms with Crippen LogP contribution < -0.4 is 5.32 Å². The summed E-state index contributed by atoms with van der Waals surface area (Å²) in [4.78, 5) is 5.69.